The Bertz CT molecular complexity index is 1640. The van der Waals surface area contributed by atoms with Crippen molar-refractivity contribution in [2.45, 2.75) is 62.8 Å². The number of amides is 1. The van der Waals surface area contributed by atoms with Gasteiger partial charge in [-0.05, 0) is 67.5 Å². The van der Waals surface area contributed by atoms with Crippen molar-refractivity contribution in [1.82, 2.24) is 14.7 Å². The number of halogens is 3. The molecule has 2 unspecified atom stereocenters. The molecule has 0 N–H and O–H groups in total. The summed E-state index contributed by atoms with van der Waals surface area (Å²) in [6.45, 7) is 4.28. The maximum absolute atomic E-state index is 14.2. The summed E-state index contributed by atoms with van der Waals surface area (Å²) in [6.07, 6.45) is 7.64. The minimum atomic E-state index is -1.08. The molecule has 2 aliphatic carbocycles. The molecule has 6 rings (SSSR count). The lowest BCUT2D eigenvalue weighted by molar-refractivity contribution is -0.133. The zero-order valence-electron chi connectivity index (χ0n) is 25.9. The number of hydrogen-bond donors (Lipinski definition) is 0. The number of nitriles is 2. The van der Waals surface area contributed by atoms with Gasteiger partial charge < -0.3 is 14.5 Å². The molecule has 1 aromatic rings. The van der Waals surface area contributed by atoms with Gasteiger partial charge >= 0.3 is 0 Å². The van der Waals surface area contributed by atoms with Gasteiger partial charge in [0, 0.05) is 48.9 Å². The first kappa shape index (κ1) is 32.0. The van der Waals surface area contributed by atoms with E-state index in [1.54, 1.807) is 0 Å². The predicted octanol–water partition coefficient (Wildman–Crippen LogP) is 5.23. The van der Waals surface area contributed by atoms with Crippen molar-refractivity contribution in [3.63, 3.8) is 0 Å². The number of allylic oxidation sites excluding steroid dienone is 2. The fourth-order valence-electron chi connectivity index (χ4n) is 7.53. The van der Waals surface area contributed by atoms with Gasteiger partial charge in [0.05, 0.1) is 24.6 Å². The van der Waals surface area contributed by atoms with Crippen LogP contribution >= 0.6 is 11.6 Å². The largest absolute Gasteiger partial charge is 0.475 e. The number of carbonyl (C=O) groups is 1. The summed E-state index contributed by atoms with van der Waals surface area (Å²) in [4.78, 5) is 22.8. The van der Waals surface area contributed by atoms with E-state index in [1.807, 2.05) is 29.0 Å². The molecular weight excluding hydrogens is 610 g/mol. The van der Waals surface area contributed by atoms with E-state index in [9.17, 15) is 24.1 Å². The molecule has 11 heteroatoms. The number of fused-ring (bicyclic) bond motifs is 2. The highest BCUT2D eigenvalue weighted by molar-refractivity contribution is 6.37. The molecule has 0 bridgehead atoms. The van der Waals surface area contributed by atoms with Crippen LogP contribution in [0.4, 0.5) is 8.78 Å². The number of ether oxygens (including phenoxy) is 1. The van der Waals surface area contributed by atoms with Crippen LogP contribution < -0.4 is 0 Å². The summed E-state index contributed by atoms with van der Waals surface area (Å²) in [5.74, 6) is -2.15. The minimum Gasteiger partial charge on any atom is -0.475 e. The van der Waals surface area contributed by atoms with Crippen molar-refractivity contribution in [1.29, 1.82) is 10.5 Å². The molecule has 5 atom stereocenters. The lowest BCUT2D eigenvalue weighted by Crippen LogP contribution is -2.56. The average molecular weight is 647 g/mol. The lowest BCUT2D eigenvalue weighted by Gasteiger charge is -2.45. The molecule has 5 aliphatic rings. The van der Waals surface area contributed by atoms with Crippen molar-refractivity contribution in [2.24, 2.45) is 10.9 Å². The summed E-state index contributed by atoms with van der Waals surface area (Å²) in [6, 6.07) is 9.52. The zero-order chi connectivity index (χ0) is 32.5. The maximum Gasteiger partial charge on any atom is 0.282 e. The van der Waals surface area contributed by atoms with Crippen LogP contribution in [0.25, 0.3) is 5.57 Å². The third kappa shape index (κ3) is 6.09. The molecule has 2 saturated heterocycles. The Labute approximate surface area is 273 Å². The quantitative estimate of drug-likeness (QED) is 0.393. The summed E-state index contributed by atoms with van der Waals surface area (Å²) in [5.41, 5.74) is 5.48. The number of rotatable bonds is 6. The van der Waals surface area contributed by atoms with E-state index < -0.39 is 35.9 Å². The Morgan fingerprint density at radius 1 is 1.17 bits per heavy atom. The zero-order valence-corrected chi connectivity index (χ0v) is 26.6. The van der Waals surface area contributed by atoms with Crippen LogP contribution in [0.3, 0.4) is 0 Å². The summed E-state index contributed by atoms with van der Waals surface area (Å²) < 4.78 is 34.3. The Hall–Kier alpha value is -3.99. The number of likely N-dealkylation sites (N-methyl/N-ethyl adjacent to an activating group) is 1. The Morgan fingerprint density at radius 2 is 1.98 bits per heavy atom. The molecular formula is C35H37ClF2N6O2. The van der Waals surface area contributed by atoms with Gasteiger partial charge in [0.15, 0.2) is 5.83 Å². The highest BCUT2D eigenvalue weighted by atomic mass is 35.5. The number of benzene rings is 1. The van der Waals surface area contributed by atoms with Gasteiger partial charge in [-0.15, -0.1) is 0 Å². The number of piperazine rings is 1. The third-order valence-electron chi connectivity index (χ3n) is 9.83. The van der Waals surface area contributed by atoms with E-state index in [4.69, 9.17) is 21.3 Å². The predicted molar refractivity (Wildman–Crippen MR) is 172 cm³/mol. The van der Waals surface area contributed by atoms with E-state index in [0.29, 0.717) is 30.2 Å². The van der Waals surface area contributed by atoms with E-state index in [1.165, 1.54) is 16.0 Å². The van der Waals surface area contributed by atoms with Crippen LogP contribution in [0.15, 0.2) is 64.1 Å². The molecule has 0 aromatic heterocycles. The number of hydrogen-bond acceptors (Lipinski definition) is 7. The second-order valence-electron chi connectivity index (χ2n) is 12.7. The van der Waals surface area contributed by atoms with Gasteiger partial charge in [-0.1, -0.05) is 42.5 Å². The molecule has 2 fully saturated rings. The van der Waals surface area contributed by atoms with E-state index in [-0.39, 0.29) is 43.6 Å². The summed E-state index contributed by atoms with van der Waals surface area (Å²) >= 11 is 7.07. The summed E-state index contributed by atoms with van der Waals surface area (Å²) in [5, 5.41) is 20.7. The van der Waals surface area contributed by atoms with Crippen molar-refractivity contribution in [3.8, 4) is 12.1 Å². The van der Waals surface area contributed by atoms with Crippen LogP contribution in [0.2, 0.25) is 0 Å². The fourth-order valence-corrected chi connectivity index (χ4v) is 7.83. The highest BCUT2D eigenvalue weighted by Gasteiger charge is 2.42. The topological polar surface area (TPSA) is 96.0 Å². The number of carbonyl (C=O) groups excluding carboxylic acids is 1. The lowest BCUT2D eigenvalue weighted by atomic mass is 9.80. The Balaban J connectivity index is 1.39. The van der Waals surface area contributed by atoms with Crippen molar-refractivity contribution in [3.05, 3.63) is 75.7 Å². The molecule has 1 aromatic carbocycles. The fraction of sp³-hybridized carbons (Fsp3) is 0.486. The maximum atomic E-state index is 14.2. The number of nitrogens with zero attached hydrogens (tertiary/aromatic N) is 6. The smallest absolute Gasteiger partial charge is 0.282 e. The van der Waals surface area contributed by atoms with Crippen molar-refractivity contribution < 1.29 is 18.3 Å². The van der Waals surface area contributed by atoms with Gasteiger partial charge in [-0.3, -0.25) is 9.69 Å². The van der Waals surface area contributed by atoms with Crippen molar-refractivity contribution in [2.75, 3.05) is 39.8 Å². The summed E-state index contributed by atoms with van der Waals surface area (Å²) in [7, 11) is 1.85. The monoisotopic (exact) mass is 646 g/mol. The molecule has 240 valence electrons. The molecule has 46 heavy (non-hydrogen) atoms. The number of aliphatic imine (C=N–C) groups is 1. The van der Waals surface area contributed by atoms with Gasteiger partial charge in [0.25, 0.3) is 5.91 Å². The normalized spacial score (nSPS) is 27.9. The number of alkyl halides is 1. The van der Waals surface area contributed by atoms with Gasteiger partial charge in [-0.2, -0.15) is 10.5 Å². The first-order valence-electron chi connectivity index (χ1n) is 15.9. The van der Waals surface area contributed by atoms with E-state index >= 15 is 0 Å². The molecule has 0 radical (unpaired) electrons. The molecule has 8 nitrogen and oxygen atoms in total. The Morgan fingerprint density at radius 3 is 2.70 bits per heavy atom. The average Bonchev–Trinajstić information content (AvgIpc) is 3.38. The first-order valence-corrected chi connectivity index (χ1v) is 16.2. The van der Waals surface area contributed by atoms with E-state index in [0.717, 1.165) is 36.8 Å². The van der Waals surface area contributed by atoms with Crippen molar-refractivity contribution >= 4 is 29.0 Å². The van der Waals surface area contributed by atoms with Gasteiger partial charge in [-0.25, -0.2) is 13.8 Å². The second kappa shape index (κ2) is 13.4. The van der Waals surface area contributed by atoms with Crippen LogP contribution in [0, 0.1) is 28.6 Å². The van der Waals surface area contributed by atoms with Crippen LogP contribution in [-0.2, 0) is 22.4 Å². The molecule has 3 heterocycles. The third-order valence-corrected chi connectivity index (χ3v) is 10.2. The van der Waals surface area contributed by atoms with Gasteiger partial charge in [0.1, 0.15) is 24.4 Å². The number of likely N-dealkylation sites (tertiary alicyclic amines) is 1. The molecule has 3 aliphatic heterocycles. The van der Waals surface area contributed by atoms with E-state index in [2.05, 4.69) is 36.9 Å². The minimum absolute atomic E-state index is 0.0194. The number of dihydropyridines is 1. The molecule has 0 spiro atoms. The van der Waals surface area contributed by atoms with Crippen LogP contribution in [0.5, 0.6) is 0 Å². The molecule has 1 amide bonds. The highest BCUT2D eigenvalue weighted by Crippen LogP contribution is 2.43. The second-order valence-corrected chi connectivity index (χ2v) is 13.1. The Kier molecular flexibility index (Phi) is 9.31. The first-order chi connectivity index (χ1) is 22.2. The molecule has 0 saturated carbocycles. The van der Waals surface area contributed by atoms with Crippen LogP contribution in [-0.4, -0.2) is 90.6 Å². The van der Waals surface area contributed by atoms with Crippen LogP contribution in [0.1, 0.15) is 42.4 Å². The standard InChI is InChI=1S/C35H37ClF2N6O2/c1-21(37)35(45)44-13-12-43(19-24(44)10-11-39)33-29-15-31(36)28(27-9-5-7-22-6-3-4-8-26(22)27)16-32(29)41-34(30(33)17-40)46-20-25-14-23(38)18-42(25)2/h5,7,9,15-16,23-25,29,32H,1,3-4,6,8,10,12-14,18-20H2,2H3/t23-,24+,25+,29?,32?/m1/s1. The van der Waals surface area contributed by atoms with Gasteiger partial charge in [0.2, 0.25) is 5.90 Å². The number of aryl methyl sites for hydroxylation is 1. The SMILES string of the molecule is C=C(F)C(=O)N1CCN(C2=C(C#N)C(OC[C@@H]3C[C@@H](F)CN3C)=NC3C=C(c4cccc5c4CCCC5)C(Cl)=CC23)C[C@@H]1CC#N.